The zero-order valence-corrected chi connectivity index (χ0v) is 13.0. The van der Waals surface area contributed by atoms with Crippen LogP contribution >= 0.6 is 0 Å². The number of aryl methyl sites for hydroxylation is 1. The summed E-state index contributed by atoms with van der Waals surface area (Å²) in [5.41, 5.74) is 2.11. The number of rotatable bonds is 6. The Hall–Kier alpha value is -1.40. The van der Waals surface area contributed by atoms with Gasteiger partial charge in [-0.15, -0.1) is 0 Å². The fraction of sp³-hybridized carbons (Fsp3) is 0.500. The molecule has 20 heavy (non-hydrogen) atoms. The molecule has 0 saturated carbocycles. The Kier molecular flexibility index (Phi) is 4.45. The number of hydrogen-bond donors (Lipinski definition) is 0. The van der Waals surface area contributed by atoms with Crippen LogP contribution in [0.3, 0.4) is 0 Å². The predicted octanol–water partition coefficient (Wildman–Crippen LogP) is 1.44. The molecule has 2 aromatic rings. The van der Waals surface area contributed by atoms with Crippen molar-refractivity contribution in [2.45, 2.75) is 13.0 Å². The third kappa shape index (κ3) is 3.80. The van der Waals surface area contributed by atoms with E-state index in [-0.39, 0.29) is 5.75 Å². The number of fused-ring (bicyclic) bond motifs is 1. The number of hydrogen-bond acceptors (Lipinski definition) is 4. The van der Waals surface area contributed by atoms with Gasteiger partial charge in [0.1, 0.15) is 15.7 Å². The van der Waals surface area contributed by atoms with E-state index in [0.717, 1.165) is 29.9 Å². The Balaban J connectivity index is 1.99. The number of benzene rings is 1. The van der Waals surface area contributed by atoms with Crippen molar-refractivity contribution >= 4 is 20.9 Å². The van der Waals surface area contributed by atoms with Gasteiger partial charge >= 0.3 is 0 Å². The van der Waals surface area contributed by atoms with E-state index in [1.807, 2.05) is 32.3 Å². The summed E-state index contributed by atoms with van der Waals surface area (Å²) in [6.07, 6.45) is 1.93. The zero-order chi connectivity index (χ0) is 14.8. The molecule has 1 aromatic carbocycles. The number of sulfone groups is 1. The third-order valence-corrected chi connectivity index (χ3v) is 4.38. The molecule has 2 rings (SSSR count). The van der Waals surface area contributed by atoms with Gasteiger partial charge in [0.25, 0.3) is 0 Å². The van der Waals surface area contributed by atoms with Crippen molar-refractivity contribution in [1.82, 2.24) is 14.5 Å². The van der Waals surface area contributed by atoms with Crippen LogP contribution in [0.15, 0.2) is 24.3 Å². The van der Waals surface area contributed by atoms with E-state index >= 15 is 0 Å². The van der Waals surface area contributed by atoms with E-state index in [1.165, 1.54) is 6.26 Å². The van der Waals surface area contributed by atoms with Crippen LogP contribution in [-0.4, -0.2) is 48.5 Å². The standard InChI is InChI=1S/C14H21N3O2S/c1-16(9-6-10-20(3,18)19)11-14-15-12-7-4-5-8-13(12)17(14)2/h4-5,7-8H,6,9-11H2,1-3H3. The highest BCUT2D eigenvalue weighted by molar-refractivity contribution is 7.90. The van der Waals surface area contributed by atoms with E-state index in [9.17, 15) is 8.42 Å². The molecular weight excluding hydrogens is 274 g/mol. The van der Waals surface area contributed by atoms with Crippen molar-refractivity contribution < 1.29 is 8.42 Å². The molecule has 0 spiro atoms. The summed E-state index contributed by atoms with van der Waals surface area (Å²) in [6, 6.07) is 8.04. The maximum absolute atomic E-state index is 11.1. The summed E-state index contributed by atoms with van der Waals surface area (Å²) in [6.45, 7) is 1.46. The summed E-state index contributed by atoms with van der Waals surface area (Å²) in [5, 5.41) is 0. The second kappa shape index (κ2) is 5.93. The van der Waals surface area contributed by atoms with Crippen molar-refractivity contribution in [1.29, 1.82) is 0 Å². The first-order valence-corrected chi connectivity index (χ1v) is 8.69. The first-order chi connectivity index (χ1) is 9.37. The summed E-state index contributed by atoms with van der Waals surface area (Å²) >= 11 is 0. The summed E-state index contributed by atoms with van der Waals surface area (Å²) in [4.78, 5) is 6.72. The van der Waals surface area contributed by atoms with Gasteiger partial charge in [0, 0.05) is 13.3 Å². The number of para-hydroxylation sites is 2. The highest BCUT2D eigenvalue weighted by Gasteiger charge is 2.10. The Labute approximate surface area is 120 Å². The molecule has 110 valence electrons. The summed E-state index contributed by atoms with van der Waals surface area (Å²) in [5.74, 6) is 1.23. The van der Waals surface area contributed by atoms with Crippen LogP contribution < -0.4 is 0 Å². The lowest BCUT2D eigenvalue weighted by Crippen LogP contribution is -2.23. The second-order valence-corrected chi connectivity index (χ2v) is 7.56. The fourth-order valence-electron chi connectivity index (χ4n) is 2.25. The van der Waals surface area contributed by atoms with Crippen LogP contribution in [-0.2, 0) is 23.4 Å². The largest absolute Gasteiger partial charge is 0.330 e. The average Bonchev–Trinajstić information content (AvgIpc) is 2.65. The molecule has 6 heteroatoms. The van der Waals surface area contributed by atoms with E-state index in [0.29, 0.717) is 6.42 Å². The minimum Gasteiger partial charge on any atom is -0.330 e. The van der Waals surface area contributed by atoms with Crippen LogP contribution in [0.5, 0.6) is 0 Å². The molecular formula is C14H21N3O2S. The van der Waals surface area contributed by atoms with Gasteiger partial charge in [0.2, 0.25) is 0 Å². The molecule has 0 radical (unpaired) electrons. The number of imidazole rings is 1. The van der Waals surface area contributed by atoms with Gasteiger partial charge < -0.3 is 4.57 Å². The van der Waals surface area contributed by atoms with Gasteiger partial charge in [-0.2, -0.15) is 0 Å². The molecule has 1 heterocycles. The molecule has 0 amide bonds. The van der Waals surface area contributed by atoms with Gasteiger partial charge in [-0.1, -0.05) is 12.1 Å². The Bertz CT molecular complexity index is 692. The first-order valence-electron chi connectivity index (χ1n) is 6.63. The minimum absolute atomic E-state index is 0.236. The topological polar surface area (TPSA) is 55.2 Å². The van der Waals surface area contributed by atoms with E-state index < -0.39 is 9.84 Å². The Morgan fingerprint density at radius 3 is 2.65 bits per heavy atom. The van der Waals surface area contributed by atoms with Crippen LogP contribution in [0, 0.1) is 0 Å². The van der Waals surface area contributed by atoms with Crippen molar-refractivity contribution in [3.05, 3.63) is 30.1 Å². The average molecular weight is 295 g/mol. The highest BCUT2D eigenvalue weighted by Crippen LogP contribution is 2.15. The minimum atomic E-state index is -2.87. The number of nitrogens with zero attached hydrogens (tertiary/aromatic N) is 3. The number of aromatic nitrogens is 2. The van der Waals surface area contributed by atoms with Crippen molar-refractivity contribution in [2.75, 3.05) is 25.6 Å². The maximum Gasteiger partial charge on any atom is 0.147 e. The lowest BCUT2D eigenvalue weighted by Gasteiger charge is -2.15. The maximum atomic E-state index is 11.1. The lowest BCUT2D eigenvalue weighted by molar-refractivity contribution is 0.316. The fourth-order valence-corrected chi connectivity index (χ4v) is 2.91. The Morgan fingerprint density at radius 1 is 1.30 bits per heavy atom. The van der Waals surface area contributed by atoms with Gasteiger partial charge in [0.05, 0.1) is 23.3 Å². The van der Waals surface area contributed by atoms with Gasteiger partial charge in [-0.05, 0) is 32.1 Å². The molecule has 0 bridgehead atoms. The quantitative estimate of drug-likeness (QED) is 0.809. The zero-order valence-electron chi connectivity index (χ0n) is 12.2. The van der Waals surface area contributed by atoms with Gasteiger partial charge in [0.15, 0.2) is 0 Å². The molecule has 0 unspecified atom stereocenters. The molecule has 0 aliphatic rings. The highest BCUT2D eigenvalue weighted by atomic mass is 32.2. The lowest BCUT2D eigenvalue weighted by atomic mass is 10.3. The van der Waals surface area contributed by atoms with Gasteiger partial charge in [-0.25, -0.2) is 13.4 Å². The predicted molar refractivity (Wildman–Crippen MR) is 81.4 cm³/mol. The second-order valence-electron chi connectivity index (χ2n) is 5.30. The van der Waals surface area contributed by atoms with E-state index in [1.54, 1.807) is 0 Å². The Morgan fingerprint density at radius 2 is 2.00 bits per heavy atom. The monoisotopic (exact) mass is 295 g/mol. The van der Waals surface area contributed by atoms with E-state index in [4.69, 9.17) is 0 Å². The summed E-state index contributed by atoms with van der Waals surface area (Å²) < 4.78 is 24.3. The van der Waals surface area contributed by atoms with Crippen molar-refractivity contribution in [2.24, 2.45) is 7.05 Å². The van der Waals surface area contributed by atoms with Crippen molar-refractivity contribution in [3.63, 3.8) is 0 Å². The van der Waals surface area contributed by atoms with Gasteiger partial charge in [-0.3, -0.25) is 4.90 Å². The first kappa shape index (κ1) is 15.0. The SMILES string of the molecule is CN(CCCS(C)(=O)=O)Cc1nc2ccccc2n1C. The van der Waals surface area contributed by atoms with Crippen LogP contribution in [0.4, 0.5) is 0 Å². The molecule has 0 atom stereocenters. The molecule has 0 saturated heterocycles. The smallest absolute Gasteiger partial charge is 0.147 e. The third-order valence-electron chi connectivity index (χ3n) is 3.35. The molecule has 1 aromatic heterocycles. The van der Waals surface area contributed by atoms with Crippen molar-refractivity contribution in [3.8, 4) is 0 Å². The van der Waals surface area contributed by atoms with Crippen LogP contribution in [0.2, 0.25) is 0 Å². The normalized spacial score (nSPS) is 12.4. The molecule has 5 nitrogen and oxygen atoms in total. The molecule has 0 fully saturated rings. The molecule has 0 aliphatic heterocycles. The van der Waals surface area contributed by atoms with Crippen LogP contribution in [0.25, 0.3) is 11.0 Å². The van der Waals surface area contributed by atoms with E-state index in [2.05, 4.69) is 20.5 Å². The van der Waals surface area contributed by atoms with Crippen LogP contribution in [0.1, 0.15) is 12.2 Å². The summed E-state index contributed by atoms with van der Waals surface area (Å²) in [7, 11) is 1.13. The molecule has 0 aliphatic carbocycles. The molecule has 0 N–H and O–H groups in total.